The van der Waals surface area contributed by atoms with Crippen LogP contribution in [0.2, 0.25) is 0 Å². The number of carbonyl (C=O) groups excluding carboxylic acids is 4. The predicted molar refractivity (Wildman–Crippen MR) is 254 cm³/mol. The minimum Gasteiger partial charge on any atom is -0.394 e. The second-order valence-electron chi connectivity index (χ2n) is 19.3. The Bertz CT molecular complexity index is 1690. The molecule has 20 unspecified atom stereocenters. The van der Waals surface area contributed by atoms with Gasteiger partial charge in [-0.1, -0.05) is 70.4 Å². The molecule has 4 aliphatic rings. The minimum atomic E-state index is -1.90. The number of allylic oxidation sites excluding steroid dienone is 2. The van der Waals surface area contributed by atoms with E-state index in [2.05, 4.69) is 40.3 Å². The van der Waals surface area contributed by atoms with Crippen molar-refractivity contribution in [2.45, 2.75) is 240 Å². The summed E-state index contributed by atoms with van der Waals surface area (Å²) >= 11 is 0. The zero-order chi connectivity index (χ0) is 53.8. The molecule has 0 aliphatic carbocycles. The van der Waals surface area contributed by atoms with Gasteiger partial charge in [-0.25, -0.2) is 0 Å². The molecule has 73 heavy (non-hydrogen) atoms. The maximum absolute atomic E-state index is 13.3. The van der Waals surface area contributed by atoms with Gasteiger partial charge in [-0.2, -0.15) is 0 Å². The molecule has 4 amide bonds. The van der Waals surface area contributed by atoms with E-state index in [4.69, 9.17) is 33.2 Å². The highest BCUT2D eigenvalue weighted by Gasteiger charge is 2.56. The molecule has 25 nitrogen and oxygen atoms in total. The van der Waals surface area contributed by atoms with Gasteiger partial charge in [-0.3, -0.25) is 19.2 Å². The first kappa shape index (κ1) is 62.5. The number of hydrogen-bond donors (Lipinski definition) is 14. The Kier molecular flexibility index (Phi) is 27.3. The molecular formula is C48H84N4O21. The molecule has 20 atom stereocenters. The Morgan fingerprint density at radius 2 is 0.795 bits per heavy atom. The second-order valence-corrected chi connectivity index (χ2v) is 19.3. The van der Waals surface area contributed by atoms with Crippen LogP contribution in [0, 0.1) is 0 Å². The zero-order valence-corrected chi connectivity index (χ0v) is 42.4. The molecule has 0 bridgehead atoms. The largest absolute Gasteiger partial charge is 0.394 e. The second kappa shape index (κ2) is 31.9. The van der Waals surface area contributed by atoms with Gasteiger partial charge in [0.05, 0.1) is 26.4 Å². The molecular weight excluding hydrogens is 969 g/mol. The van der Waals surface area contributed by atoms with Crippen molar-refractivity contribution >= 4 is 23.6 Å². The molecule has 4 aliphatic heterocycles. The molecule has 422 valence electrons. The topological polar surface area (TPSA) is 383 Å². The van der Waals surface area contributed by atoms with Crippen molar-refractivity contribution in [2.75, 3.05) is 26.4 Å². The number of amides is 4. The first-order valence-electron chi connectivity index (χ1n) is 25.8. The van der Waals surface area contributed by atoms with Crippen LogP contribution in [0.4, 0.5) is 0 Å². The summed E-state index contributed by atoms with van der Waals surface area (Å²) in [6, 6.07) is -6.17. The van der Waals surface area contributed by atoms with Gasteiger partial charge in [0.1, 0.15) is 97.4 Å². The van der Waals surface area contributed by atoms with Gasteiger partial charge < -0.3 is 105 Å². The molecule has 0 aromatic heterocycles. The first-order chi connectivity index (χ1) is 34.9. The molecule has 14 N–H and O–H groups in total. The quantitative estimate of drug-likeness (QED) is 0.0260. The molecule has 25 heteroatoms. The van der Waals surface area contributed by atoms with E-state index in [1.54, 1.807) is 0 Å². The van der Waals surface area contributed by atoms with E-state index in [1.807, 2.05) is 0 Å². The monoisotopic (exact) mass is 1050 g/mol. The van der Waals surface area contributed by atoms with E-state index in [0.29, 0.717) is 6.42 Å². The Balaban J connectivity index is 1.44. The molecule has 4 rings (SSSR count). The Morgan fingerprint density at radius 3 is 1.22 bits per heavy atom. The number of aliphatic hydroxyl groups excluding tert-OH is 10. The Hall–Kier alpha value is -3.06. The summed E-state index contributed by atoms with van der Waals surface area (Å²) in [5.41, 5.74) is 0. The maximum atomic E-state index is 13.3. The Labute approximate surface area is 426 Å². The fourth-order valence-corrected chi connectivity index (χ4v) is 9.55. The highest BCUT2D eigenvalue weighted by atomic mass is 16.8. The third-order valence-electron chi connectivity index (χ3n) is 13.4. The van der Waals surface area contributed by atoms with Gasteiger partial charge in [-0.15, -0.1) is 0 Å². The third-order valence-corrected chi connectivity index (χ3v) is 13.4. The average molecular weight is 1050 g/mol. The molecule has 0 aromatic carbocycles. The summed E-state index contributed by atoms with van der Waals surface area (Å²) in [6.45, 7) is 2.04. The van der Waals surface area contributed by atoms with Crippen LogP contribution in [0.3, 0.4) is 0 Å². The van der Waals surface area contributed by atoms with Crippen LogP contribution in [0.5, 0.6) is 0 Å². The van der Waals surface area contributed by atoms with Gasteiger partial charge in [-0.05, 0) is 32.1 Å². The normalized spacial score (nSPS) is 36.9. The van der Waals surface area contributed by atoms with Crippen molar-refractivity contribution in [1.82, 2.24) is 21.3 Å². The summed E-state index contributed by atoms with van der Waals surface area (Å²) in [5, 5.41) is 119. The predicted octanol–water partition coefficient (Wildman–Crippen LogP) is -3.16. The fraction of sp³-hybridized carbons (Fsp3) is 0.875. The summed E-state index contributed by atoms with van der Waals surface area (Å²) in [5.74, 6) is -2.66. The lowest BCUT2D eigenvalue weighted by atomic mass is 9.93. The van der Waals surface area contributed by atoms with Crippen LogP contribution in [0.1, 0.15) is 118 Å². The van der Waals surface area contributed by atoms with E-state index in [0.717, 1.165) is 59.3 Å². The number of rotatable bonds is 29. The number of aliphatic hydroxyl groups is 10. The highest BCUT2D eigenvalue weighted by molar-refractivity contribution is 5.76. The molecule has 0 aromatic rings. The van der Waals surface area contributed by atoms with Gasteiger partial charge in [0.15, 0.2) is 25.2 Å². The summed E-state index contributed by atoms with van der Waals surface area (Å²) in [6.07, 6.45) is -8.64. The van der Waals surface area contributed by atoms with Crippen molar-refractivity contribution < 1.29 is 103 Å². The smallest absolute Gasteiger partial charge is 0.220 e. The molecule has 4 fully saturated rings. The van der Waals surface area contributed by atoms with Crippen LogP contribution in [0.25, 0.3) is 0 Å². The number of nitrogens with one attached hydrogen (secondary N) is 4. The van der Waals surface area contributed by atoms with E-state index < -0.39 is 173 Å². The van der Waals surface area contributed by atoms with Gasteiger partial charge in [0, 0.05) is 27.2 Å². The van der Waals surface area contributed by atoms with Crippen molar-refractivity contribution in [3.05, 3.63) is 12.2 Å². The number of unbranched alkanes of at least 4 members (excludes halogenated alkanes) is 11. The van der Waals surface area contributed by atoms with Gasteiger partial charge >= 0.3 is 0 Å². The number of carbonyl (C=O) groups is 4. The van der Waals surface area contributed by atoms with E-state index in [1.165, 1.54) is 38.5 Å². The van der Waals surface area contributed by atoms with E-state index in [-0.39, 0.29) is 6.42 Å². The number of ether oxygens (including phenoxy) is 7. The lowest BCUT2D eigenvalue weighted by Gasteiger charge is -2.51. The summed E-state index contributed by atoms with van der Waals surface area (Å²) < 4.78 is 41.4. The van der Waals surface area contributed by atoms with Crippen molar-refractivity contribution in [1.29, 1.82) is 0 Å². The molecule has 4 heterocycles. The summed E-state index contributed by atoms with van der Waals surface area (Å²) in [4.78, 5) is 50.3. The maximum Gasteiger partial charge on any atom is 0.220 e. The van der Waals surface area contributed by atoms with Gasteiger partial charge in [0.25, 0.3) is 0 Å². The van der Waals surface area contributed by atoms with Crippen LogP contribution in [0.15, 0.2) is 12.2 Å². The average Bonchev–Trinajstić information content (AvgIpc) is 3.35. The highest BCUT2D eigenvalue weighted by Crippen LogP contribution is 2.34. The fourth-order valence-electron chi connectivity index (χ4n) is 9.55. The third kappa shape index (κ3) is 18.3. The SMILES string of the molecule is CCCCCCCCC=CCCCCCCCC(=O)NC1C(OC2C(CO)OC(OC3C(CO)OC(OC4C(CO)OC(O)C(NC(C)=O)C4O)C(NC(C)=O)C3O)C(NC(C)=O)C2O)OC(CO)C(O)C1O. The minimum absolute atomic E-state index is 0.0518. The van der Waals surface area contributed by atoms with Crippen molar-refractivity contribution in [3.8, 4) is 0 Å². The van der Waals surface area contributed by atoms with E-state index >= 15 is 0 Å². The number of hydrogen-bond acceptors (Lipinski definition) is 21. The van der Waals surface area contributed by atoms with Crippen LogP contribution < -0.4 is 21.3 Å². The zero-order valence-electron chi connectivity index (χ0n) is 42.4. The summed E-state index contributed by atoms with van der Waals surface area (Å²) in [7, 11) is 0. The van der Waals surface area contributed by atoms with Gasteiger partial charge in [0.2, 0.25) is 23.6 Å². The lowest BCUT2D eigenvalue weighted by Crippen LogP contribution is -2.71. The molecule has 0 saturated carbocycles. The van der Waals surface area contributed by atoms with Crippen molar-refractivity contribution in [3.63, 3.8) is 0 Å². The van der Waals surface area contributed by atoms with Crippen molar-refractivity contribution in [2.24, 2.45) is 0 Å². The molecule has 0 radical (unpaired) electrons. The standard InChI is InChI=1S/C48H84N4O21/c1-5-6-7-8-9-10-11-12-13-14-15-16-17-18-19-20-32(60)52-34-38(62)37(61)28(21-53)68-46(34)72-43-30(23-55)70-48(36(40(43)64)51-27(4)59)73-44-31(24-56)69-47(35(41(44)65)50-26(3)58)71-42-29(22-54)67-45(66)33(39(42)63)49-25(2)57/h12-13,28-31,33-48,53-56,61-66H,5-11,14-24H2,1-4H3,(H,49,57)(H,50,58)(H,51,59)(H,52,60). The molecule has 0 spiro atoms. The van der Waals surface area contributed by atoms with E-state index in [9.17, 15) is 70.2 Å². The van der Waals surface area contributed by atoms with Crippen LogP contribution >= 0.6 is 0 Å². The molecule has 4 saturated heterocycles. The lowest BCUT2D eigenvalue weighted by molar-refractivity contribution is -0.362. The Morgan fingerprint density at radius 1 is 0.438 bits per heavy atom. The van der Waals surface area contributed by atoms with Crippen LogP contribution in [-0.2, 0) is 52.3 Å². The first-order valence-corrected chi connectivity index (χ1v) is 25.8. The van der Waals surface area contributed by atoms with Crippen LogP contribution in [-0.4, -0.2) is 224 Å².